The van der Waals surface area contributed by atoms with Crippen LogP contribution >= 0.6 is 11.6 Å². The maximum atomic E-state index is 7.27. The van der Waals surface area contributed by atoms with E-state index in [1.807, 2.05) is 4.57 Å². The van der Waals surface area contributed by atoms with Gasteiger partial charge in [-0.15, -0.1) is 0 Å². The Labute approximate surface area is 269 Å². The molecular formula is C29H52ClLiN4O3Si3. The first-order chi connectivity index (χ1) is 17.9. The molecule has 226 valence electrons. The number of nitrogens with zero attached hydrogens (tertiary/aromatic N) is 4. The standard InChI is InChI=1S/C29H52ClN4O3Si3.Li/c1-27(2,3)38(10,11)35-17-20-16-21(34-19-33-22-25(30)31-18-32-26(22)34)24(37-40(14,15)29(7,8)9)23(20)36-39(12,13)28(4,5)6;/h16,18,21,23-24H,17H2,1-15H3;/q-1;+1/t21-,23-,24+;/m1./s1. The van der Waals surface area contributed by atoms with Gasteiger partial charge >= 0.3 is 18.9 Å². The van der Waals surface area contributed by atoms with Crippen molar-refractivity contribution >= 4 is 47.7 Å². The van der Waals surface area contributed by atoms with Gasteiger partial charge in [-0.2, -0.15) is 0 Å². The van der Waals surface area contributed by atoms with Crippen LogP contribution in [-0.4, -0.2) is 63.3 Å². The first-order valence-corrected chi connectivity index (χ1v) is 23.5. The third kappa shape index (κ3) is 7.69. The SMILES string of the molecule is CC(C)(C)[Si](C)(C)OCC1=C[C@@H](n2[c-]nc3c(Cl)ncnc32)[C@H](O[Si](C)(C)C(C)(C)C)[C@@H]1O[Si](C)(C)C(C)(C)C.[Li+]. The molecule has 7 nitrogen and oxygen atoms in total. The second-order valence-electron chi connectivity index (χ2n) is 15.8. The number of fused-ring (bicyclic) bond motifs is 1. The van der Waals surface area contributed by atoms with Gasteiger partial charge in [0, 0.05) is 12.0 Å². The van der Waals surface area contributed by atoms with Gasteiger partial charge in [-0.05, 0) is 65.5 Å². The van der Waals surface area contributed by atoms with Crippen LogP contribution in [0.2, 0.25) is 59.5 Å². The van der Waals surface area contributed by atoms with Gasteiger partial charge in [0.15, 0.2) is 25.0 Å². The van der Waals surface area contributed by atoms with Crippen LogP contribution < -0.4 is 18.9 Å². The van der Waals surface area contributed by atoms with Gasteiger partial charge < -0.3 is 22.8 Å². The maximum Gasteiger partial charge on any atom is 1.00 e. The molecule has 0 spiro atoms. The van der Waals surface area contributed by atoms with Gasteiger partial charge in [-0.3, -0.25) is 4.98 Å². The average Bonchev–Trinajstić information content (AvgIpc) is 3.32. The molecule has 3 atom stereocenters. The van der Waals surface area contributed by atoms with E-state index in [2.05, 4.69) is 129 Å². The van der Waals surface area contributed by atoms with Gasteiger partial charge in [0.2, 0.25) is 0 Å². The Balaban J connectivity index is 0.00000588. The molecule has 0 amide bonds. The molecule has 3 rings (SSSR count). The van der Waals surface area contributed by atoms with E-state index in [-0.39, 0.29) is 52.2 Å². The normalized spacial score (nSPS) is 21.3. The summed E-state index contributed by atoms with van der Waals surface area (Å²) in [6.45, 7) is 34.8. The molecule has 0 unspecified atom stereocenters. The summed E-state index contributed by atoms with van der Waals surface area (Å²) in [5, 5.41) is 0.470. The molecule has 0 N–H and O–H groups in total. The second-order valence-corrected chi connectivity index (χ2v) is 30.5. The Morgan fingerprint density at radius 3 is 1.85 bits per heavy atom. The van der Waals surface area contributed by atoms with E-state index in [1.165, 1.54) is 6.33 Å². The first kappa shape index (κ1) is 36.9. The molecule has 0 saturated carbocycles. The Morgan fingerprint density at radius 1 is 0.829 bits per heavy atom. The van der Waals surface area contributed by atoms with Crippen molar-refractivity contribution in [3.05, 3.63) is 29.5 Å². The van der Waals surface area contributed by atoms with E-state index in [1.54, 1.807) is 0 Å². The van der Waals surface area contributed by atoms with Crippen molar-refractivity contribution in [3.8, 4) is 0 Å². The molecule has 0 aromatic carbocycles. The fourth-order valence-corrected chi connectivity index (χ4v) is 7.60. The Kier molecular flexibility index (Phi) is 11.0. The molecule has 0 bridgehead atoms. The van der Waals surface area contributed by atoms with E-state index in [0.29, 0.717) is 22.9 Å². The van der Waals surface area contributed by atoms with Crippen molar-refractivity contribution < 1.29 is 32.1 Å². The Morgan fingerprint density at radius 2 is 1.34 bits per heavy atom. The molecule has 1 aliphatic carbocycles. The fraction of sp³-hybridized carbons (Fsp3) is 0.759. The average molecular weight is 631 g/mol. The molecule has 0 saturated heterocycles. The van der Waals surface area contributed by atoms with Crippen molar-refractivity contribution in [1.29, 1.82) is 0 Å². The minimum absolute atomic E-state index is 0. The zero-order valence-corrected chi connectivity index (χ0v) is 32.2. The summed E-state index contributed by atoms with van der Waals surface area (Å²) in [6, 6.07) is -0.224. The van der Waals surface area contributed by atoms with Gasteiger partial charge in [0.05, 0.1) is 30.0 Å². The zero-order valence-electron chi connectivity index (χ0n) is 28.5. The number of halogens is 1. The van der Waals surface area contributed by atoms with Crippen LogP contribution in [0.4, 0.5) is 0 Å². The summed E-state index contributed by atoms with van der Waals surface area (Å²) in [5.74, 6) is 0. The first-order valence-electron chi connectivity index (χ1n) is 14.4. The van der Waals surface area contributed by atoms with Crippen LogP contribution in [0.3, 0.4) is 0 Å². The number of imidazole rings is 1. The van der Waals surface area contributed by atoms with E-state index in [0.717, 1.165) is 5.57 Å². The third-order valence-electron chi connectivity index (χ3n) is 9.81. The summed E-state index contributed by atoms with van der Waals surface area (Å²) >= 11 is 6.40. The molecule has 2 heterocycles. The third-order valence-corrected chi connectivity index (χ3v) is 23.5. The topological polar surface area (TPSA) is 71.3 Å². The molecule has 0 aliphatic heterocycles. The summed E-state index contributed by atoms with van der Waals surface area (Å²) in [4.78, 5) is 13.2. The molecule has 0 fully saturated rings. The van der Waals surface area contributed by atoms with Crippen molar-refractivity contribution in [2.75, 3.05) is 6.61 Å². The van der Waals surface area contributed by atoms with E-state index in [4.69, 9.17) is 24.9 Å². The number of aromatic nitrogens is 4. The van der Waals surface area contributed by atoms with Crippen molar-refractivity contribution in [2.45, 2.75) is 135 Å². The van der Waals surface area contributed by atoms with E-state index < -0.39 is 25.0 Å². The Hall–Kier alpha value is -0.292. The number of rotatable bonds is 8. The minimum atomic E-state index is -2.22. The quantitative estimate of drug-likeness (QED) is 0.164. The van der Waals surface area contributed by atoms with Crippen LogP contribution in [0, 0.1) is 6.33 Å². The van der Waals surface area contributed by atoms with Gasteiger partial charge in [-0.1, -0.05) is 80.0 Å². The molecule has 0 radical (unpaired) electrons. The minimum Gasteiger partial charge on any atom is -0.424 e. The van der Waals surface area contributed by atoms with Crippen LogP contribution in [0.25, 0.3) is 11.2 Å². The van der Waals surface area contributed by atoms with Crippen molar-refractivity contribution in [3.63, 3.8) is 0 Å². The fourth-order valence-electron chi connectivity index (χ4n) is 3.90. The van der Waals surface area contributed by atoms with Gasteiger partial charge in [0.1, 0.15) is 6.33 Å². The summed E-state index contributed by atoms with van der Waals surface area (Å²) in [5.41, 5.74) is 2.30. The zero-order chi connectivity index (χ0) is 30.7. The summed E-state index contributed by atoms with van der Waals surface area (Å²) < 4.78 is 23.3. The van der Waals surface area contributed by atoms with Gasteiger partial charge in [-0.25, -0.2) is 4.98 Å². The predicted octanol–water partition coefficient (Wildman–Crippen LogP) is 5.57. The predicted molar refractivity (Wildman–Crippen MR) is 174 cm³/mol. The largest absolute Gasteiger partial charge is 1.00 e. The Bertz CT molecular complexity index is 1250. The molecule has 41 heavy (non-hydrogen) atoms. The molecule has 2 aromatic heterocycles. The van der Waals surface area contributed by atoms with Crippen LogP contribution in [0.5, 0.6) is 0 Å². The number of hydrogen-bond donors (Lipinski definition) is 0. The molecular weight excluding hydrogens is 579 g/mol. The van der Waals surface area contributed by atoms with Crippen molar-refractivity contribution in [1.82, 2.24) is 19.5 Å². The monoisotopic (exact) mass is 630 g/mol. The molecule has 1 aliphatic rings. The summed E-state index contributed by atoms with van der Waals surface area (Å²) in [6.07, 6.45) is 6.37. The molecule has 12 heteroatoms. The van der Waals surface area contributed by atoms with Crippen molar-refractivity contribution in [2.24, 2.45) is 0 Å². The van der Waals surface area contributed by atoms with Crippen LogP contribution in [0.15, 0.2) is 18.0 Å². The van der Waals surface area contributed by atoms with E-state index in [9.17, 15) is 0 Å². The molecule has 2 aromatic rings. The van der Waals surface area contributed by atoms with Gasteiger partial charge in [0.25, 0.3) is 0 Å². The maximum absolute atomic E-state index is 7.27. The van der Waals surface area contributed by atoms with Crippen LogP contribution in [-0.2, 0) is 13.3 Å². The van der Waals surface area contributed by atoms with Crippen LogP contribution in [0.1, 0.15) is 68.4 Å². The second kappa shape index (κ2) is 12.2. The van der Waals surface area contributed by atoms with E-state index >= 15 is 0 Å². The summed E-state index contributed by atoms with van der Waals surface area (Å²) in [7, 11) is -6.43. The number of hydrogen-bond acceptors (Lipinski definition) is 6. The smallest absolute Gasteiger partial charge is 0.424 e.